The van der Waals surface area contributed by atoms with Gasteiger partial charge in [0.1, 0.15) is 11.5 Å². The summed E-state index contributed by atoms with van der Waals surface area (Å²) in [6, 6.07) is 0. The Labute approximate surface area is 80.0 Å². The predicted octanol–water partition coefficient (Wildman–Crippen LogP) is 2.01. The lowest BCUT2D eigenvalue weighted by atomic mass is 9.99. The fourth-order valence-corrected chi connectivity index (χ4v) is 2.20. The molecule has 0 saturated carbocycles. The van der Waals surface area contributed by atoms with Crippen molar-refractivity contribution in [3.05, 3.63) is 22.4 Å². The molecule has 0 N–H and O–H groups in total. The van der Waals surface area contributed by atoms with E-state index in [0.717, 1.165) is 15.8 Å². The van der Waals surface area contributed by atoms with E-state index in [4.69, 9.17) is 19.4 Å². The van der Waals surface area contributed by atoms with Gasteiger partial charge in [0.2, 0.25) is 0 Å². The molecule has 2 radical (unpaired) electrons. The minimum atomic E-state index is 0.493. The van der Waals surface area contributed by atoms with Crippen LogP contribution in [0.4, 0.5) is 0 Å². The quantitative estimate of drug-likeness (QED) is 0.513. The van der Waals surface area contributed by atoms with Crippen LogP contribution in [0, 0.1) is 0 Å². The Morgan fingerprint density at radius 3 is 3.08 bits per heavy atom. The summed E-state index contributed by atoms with van der Waals surface area (Å²) in [5, 5.41) is 2.47. The molecule has 0 amide bonds. The molecule has 0 bridgehead atoms. The summed E-state index contributed by atoms with van der Waals surface area (Å²) in [5.41, 5.74) is 1.90. The van der Waals surface area contributed by atoms with Crippen molar-refractivity contribution >= 4 is 41.0 Å². The van der Waals surface area contributed by atoms with Gasteiger partial charge in [0.25, 0.3) is 0 Å². The minimum absolute atomic E-state index is 0.493. The van der Waals surface area contributed by atoms with Crippen LogP contribution in [0.25, 0.3) is 10.2 Å². The lowest BCUT2D eigenvalue weighted by molar-refractivity contribution is 1.22. The molecule has 0 fully saturated rings. The molecule has 0 aliphatic carbocycles. The third-order valence-electron chi connectivity index (χ3n) is 1.60. The van der Waals surface area contributed by atoms with Gasteiger partial charge in [-0.3, -0.25) is 0 Å². The largest absolute Gasteiger partial charge is 0.235 e. The lowest BCUT2D eigenvalue weighted by Crippen LogP contribution is -1.84. The smallest absolute Gasteiger partial charge is 0.150 e. The number of hydrogen-bond donors (Lipinski definition) is 0. The Hall–Kier alpha value is -0.605. The first-order chi connectivity index (χ1) is 5.83. The molecule has 0 aromatic carbocycles. The standard InChI is InChI=1S/C7H4BClN2S/c8-1-4-2-12-6-5(4)10-3-11-7(6)9/h2-3H,1H2. The lowest BCUT2D eigenvalue weighted by Gasteiger charge is -1.92. The van der Waals surface area contributed by atoms with Gasteiger partial charge >= 0.3 is 0 Å². The molecule has 0 aliphatic heterocycles. The van der Waals surface area contributed by atoms with Gasteiger partial charge < -0.3 is 0 Å². The normalized spacial score (nSPS) is 10.8. The van der Waals surface area contributed by atoms with Crippen molar-refractivity contribution in [2.45, 2.75) is 6.32 Å². The van der Waals surface area contributed by atoms with Gasteiger partial charge in [-0.25, -0.2) is 9.97 Å². The molecule has 2 aromatic rings. The highest BCUT2D eigenvalue weighted by Crippen LogP contribution is 2.28. The van der Waals surface area contributed by atoms with Gasteiger partial charge in [0.15, 0.2) is 0 Å². The van der Waals surface area contributed by atoms with E-state index in [1.54, 1.807) is 0 Å². The highest BCUT2D eigenvalue weighted by molar-refractivity contribution is 7.18. The van der Waals surface area contributed by atoms with Crippen LogP contribution in [0.2, 0.25) is 5.15 Å². The number of aromatic nitrogens is 2. The summed E-state index contributed by atoms with van der Waals surface area (Å²) >= 11 is 7.37. The van der Waals surface area contributed by atoms with E-state index in [1.807, 2.05) is 5.38 Å². The number of fused-ring (bicyclic) bond motifs is 1. The van der Waals surface area contributed by atoms with E-state index in [9.17, 15) is 0 Å². The van der Waals surface area contributed by atoms with Gasteiger partial charge in [0, 0.05) is 0 Å². The molecule has 2 heterocycles. The van der Waals surface area contributed by atoms with E-state index >= 15 is 0 Å². The summed E-state index contributed by atoms with van der Waals surface area (Å²) < 4.78 is 0.916. The topological polar surface area (TPSA) is 25.8 Å². The molecule has 0 spiro atoms. The van der Waals surface area contributed by atoms with Crippen LogP contribution in [-0.4, -0.2) is 17.8 Å². The Kier molecular flexibility index (Phi) is 2.03. The third kappa shape index (κ3) is 1.11. The van der Waals surface area contributed by atoms with Gasteiger partial charge in [0.05, 0.1) is 18.1 Å². The second kappa shape index (κ2) is 3.03. The number of thiophene rings is 1. The molecule has 5 heteroatoms. The average Bonchev–Trinajstić information content (AvgIpc) is 2.49. The van der Waals surface area contributed by atoms with Crippen molar-refractivity contribution in [3.63, 3.8) is 0 Å². The Morgan fingerprint density at radius 2 is 2.33 bits per heavy atom. The molecule has 0 atom stereocenters. The summed E-state index contributed by atoms with van der Waals surface area (Å²) in [5.74, 6) is 0. The summed E-state index contributed by atoms with van der Waals surface area (Å²) in [6.07, 6.45) is 1.95. The molecule has 0 aliphatic rings. The highest BCUT2D eigenvalue weighted by atomic mass is 35.5. The Morgan fingerprint density at radius 1 is 1.50 bits per heavy atom. The van der Waals surface area contributed by atoms with E-state index in [-0.39, 0.29) is 0 Å². The maximum Gasteiger partial charge on any atom is 0.150 e. The van der Waals surface area contributed by atoms with Crippen molar-refractivity contribution in [3.8, 4) is 0 Å². The molecule has 2 rings (SSSR count). The Bertz CT molecular complexity index is 415. The van der Waals surface area contributed by atoms with Gasteiger partial charge in [-0.15, -0.1) is 11.3 Å². The first kappa shape index (κ1) is 8.01. The second-order valence-electron chi connectivity index (χ2n) is 2.31. The zero-order valence-corrected chi connectivity index (χ0v) is 7.69. The zero-order valence-electron chi connectivity index (χ0n) is 6.12. The van der Waals surface area contributed by atoms with Gasteiger partial charge in [-0.05, 0) is 10.9 Å². The fraction of sp³-hybridized carbons (Fsp3) is 0.143. The summed E-state index contributed by atoms with van der Waals surface area (Å²) in [7, 11) is 5.51. The third-order valence-corrected chi connectivity index (χ3v) is 3.03. The van der Waals surface area contributed by atoms with Crippen molar-refractivity contribution in [1.82, 2.24) is 9.97 Å². The van der Waals surface area contributed by atoms with Crippen molar-refractivity contribution < 1.29 is 0 Å². The number of hydrogen-bond acceptors (Lipinski definition) is 3. The second-order valence-corrected chi connectivity index (χ2v) is 3.54. The molecule has 12 heavy (non-hydrogen) atoms. The van der Waals surface area contributed by atoms with Crippen LogP contribution in [0.1, 0.15) is 5.56 Å². The van der Waals surface area contributed by atoms with Crippen molar-refractivity contribution in [1.29, 1.82) is 0 Å². The molecule has 2 aromatic heterocycles. The predicted molar refractivity (Wildman–Crippen MR) is 51.9 cm³/mol. The first-order valence-electron chi connectivity index (χ1n) is 3.39. The van der Waals surface area contributed by atoms with Crippen LogP contribution in [-0.2, 0) is 6.32 Å². The van der Waals surface area contributed by atoms with E-state index < -0.39 is 0 Å². The van der Waals surface area contributed by atoms with Crippen LogP contribution in [0.5, 0.6) is 0 Å². The SMILES string of the molecule is [B]Cc1csc2c(Cl)ncnc12. The first-order valence-corrected chi connectivity index (χ1v) is 4.65. The summed E-state index contributed by atoms with van der Waals surface area (Å²) in [4.78, 5) is 7.99. The summed E-state index contributed by atoms with van der Waals surface area (Å²) in [6.45, 7) is 0. The molecular formula is C7H4BClN2S. The van der Waals surface area contributed by atoms with E-state index in [2.05, 4.69) is 9.97 Å². The maximum atomic E-state index is 5.85. The van der Waals surface area contributed by atoms with E-state index in [0.29, 0.717) is 11.5 Å². The average molecular weight is 194 g/mol. The molecule has 0 saturated heterocycles. The molecule has 0 unspecified atom stereocenters. The van der Waals surface area contributed by atoms with Crippen LogP contribution in [0.3, 0.4) is 0 Å². The molecular weight excluding hydrogens is 190 g/mol. The Balaban J connectivity index is 2.80. The number of rotatable bonds is 1. The van der Waals surface area contributed by atoms with Crippen LogP contribution in [0.15, 0.2) is 11.7 Å². The minimum Gasteiger partial charge on any atom is -0.235 e. The van der Waals surface area contributed by atoms with Crippen LogP contribution >= 0.6 is 22.9 Å². The highest BCUT2D eigenvalue weighted by Gasteiger charge is 2.06. The maximum absolute atomic E-state index is 5.85. The molecule has 2 nitrogen and oxygen atoms in total. The van der Waals surface area contributed by atoms with Crippen LogP contribution < -0.4 is 0 Å². The van der Waals surface area contributed by atoms with Crippen molar-refractivity contribution in [2.75, 3.05) is 0 Å². The number of halogens is 1. The number of nitrogens with zero attached hydrogens (tertiary/aromatic N) is 2. The van der Waals surface area contributed by atoms with Gasteiger partial charge in [-0.1, -0.05) is 17.9 Å². The monoisotopic (exact) mass is 194 g/mol. The molecule has 58 valence electrons. The van der Waals surface area contributed by atoms with Crippen molar-refractivity contribution in [2.24, 2.45) is 0 Å². The fourth-order valence-electron chi connectivity index (χ4n) is 1.02. The van der Waals surface area contributed by atoms with E-state index in [1.165, 1.54) is 17.7 Å². The zero-order chi connectivity index (χ0) is 8.55. The van der Waals surface area contributed by atoms with Gasteiger partial charge in [-0.2, -0.15) is 0 Å².